The second-order valence-electron chi connectivity index (χ2n) is 6.34. The van der Waals surface area contributed by atoms with Gasteiger partial charge in [0.15, 0.2) is 0 Å². The van der Waals surface area contributed by atoms with Gasteiger partial charge in [-0.05, 0) is 59.9 Å². The van der Waals surface area contributed by atoms with Crippen LogP contribution in [0.4, 0.5) is 0 Å². The van der Waals surface area contributed by atoms with E-state index in [0.29, 0.717) is 5.92 Å². The zero-order chi connectivity index (χ0) is 16.3. The molecule has 0 aliphatic carbocycles. The lowest BCUT2D eigenvalue weighted by molar-refractivity contribution is 0.864. The summed E-state index contributed by atoms with van der Waals surface area (Å²) in [6.07, 6.45) is 3.23. The topological polar surface area (TPSA) is 23.9 Å². The van der Waals surface area contributed by atoms with Crippen LogP contribution in [0.2, 0.25) is 0 Å². The Labute approximate surface area is 133 Å². The van der Waals surface area contributed by atoms with Crippen LogP contribution in [0.3, 0.4) is 0 Å². The second-order valence-corrected chi connectivity index (χ2v) is 6.34. The Balaban J connectivity index is 2.83. The molecule has 0 aliphatic rings. The first-order valence-electron chi connectivity index (χ1n) is 7.82. The molecule has 22 heavy (non-hydrogen) atoms. The van der Waals surface area contributed by atoms with Crippen LogP contribution < -0.4 is 10.4 Å². The van der Waals surface area contributed by atoms with Crippen LogP contribution in [0.1, 0.15) is 48.9 Å². The van der Waals surface area contributed by atoms with Gasteiger partial charge >= 0.3 is 0 Å². The predicted molar refractivity (Wildman–Crippen MR) is 97.1 cm³/mol. The molecule has 0 radical (unpaired) electrons. The highest BCUT2D eigenvalue weighted by atomic mass is 14.3. The molecule has 0 aromatic heterocycles. The molecular formula is C21H25N. The Morgan fingerprint density at radius 1 is 1.00 bits per heavy atom. The van der Waals surface area contributed by atoms with E-state index in [1.165, 1.54) is 39.3 Å². The van der Waals surface area contributed by atoms with E-state index in [0.717, 1.165) is 5.22 Å². The molecule has 0 heterocycles. The predicted octanol–water partition coefficient (Wildman–Crippen LogP) is 4.08. The molecule has 0 spiro atoms. The standard InChI is InChI=1S/C21H25N/c1-14(2)19-7-6-18(8-9-22)21(13-19)17(5)20-11-15(3)10-16(4)12-20/h6-14,22H,1-5H3/b18-8-,21-17+,22-9?. The summed E-state index contributed by atoms with van der Waals surface area (Å²) in [5.41, 5.74) is 6.43. The van der Waals surface area contributed by atoms with Gasteiger partial charge in [-0.2, -0.15) is 0 Å². The van der Waals surface area contributed by atoms with Gasteiger partial charge in [-0.1, -0.05) is 61.4 Å². The fourth-order valence-corrected chi connectivity index (χ4v) is 2.84. The molecule has 0 atom stereocenters. The Hall–Kier alpha value is -2.15. The average Bonchev–Trinajstić information content (AvgIpc) is 2.46. The third-order valence-corrected chi connectivity index (χ3v) is 4.07. The minimum atomic E-state index is 0.500. The van der Waals surface area contributed by atoms with E-state index in [2.05, 4.69) is 71.0 Å². The van der Waals surface area contributed by atoms with Crippen molar-refractivity contribution in [2.24, 2.45) is 0 Å². The fourth-order valence-electron chi connectivity index (χ4n) is 2.84. The number of rotatable bonds is 3. The minimum absolute atomic E-state index is 0.500. The lowest BCUT2D eigenvalue weighted by atomic mass is 9.96. The third kappa shape index (κ3) is 3.54. The summed E-state index contributed by atoms with van der Waals surface area (Å²) in [6, 6.07) is 13.2. The van der Waals surface area contributed by atoms with Crippen molar-refractivity contribution in [1.29, 1.82) is 5.41 Å². The van der Waals surface area contributed by atoms with Crippen molar-refractivity contribution in [1.82, 2.24) is 0 Å². The molecule has 0 amide bonds. The van der Waals surface area contributed by atoms with Crippen molar-refractivity contribution in [2.45, 2.75) is 40.5 Å². The summed E-state index contributed by atoms with van der Waals surface area (Å²) < 4.78 is 0. The summed E-state index contributed by atoms with van der Waals surface area (Å²) in [4.78, 5) is 0. The van der Waals surface area contributed by atoms with Crippen molar-refractivity contribution in [3.63, 3.8) is 0 Å². The fraction of sp³-hybridized carbons (Fsp3) is 0.286. The van der Waals surface area contributed by atoms with Gasteiger partial charge in [0.05, 0.1) is 0 Å². The first kappa shape index (κ1) is 16.2. The highest BCUT2D eigenvalue weighted by Crippen LogP contribution is 2.16. The molecule has 0 saturated carbocycles. The van der Waals surface area contributed by atoms with E-state index in [-0.39, 0.29) is 0 Å². The maximum atomic E-state index is 7.40. The first-order chi connectivity index (χ1) is 10.4. The molecular weight excluding hydrogens is 266 g/mol. The van der Waals surface area contributed by atoms with Crippen LogP contribution in [0.15, 0.2) is 36.4 Å². The number of nitrogens with one attached hydrogen (secondary N) is 1. The lowest BCUT2D eigenvalue weighted by Gasteiger charge is -2.09. The van der Waals surface area contributed by atoms with Crippen molar-refractivity contribution in [3.05, 3.63) is 69.1 Å². The highest BCUT2D eigenvalue weighted by molar-refractivity contribution is 5.88. The molecule has 114 valence electrons. The first-order valence-corrected chi connectivity index (χ1v) is 7.82. The maximum absolute atomic E-state index is 7.40. The molecule has 2 rings (SSSR count). The highest BCUT2D eigenvalue weighted by Gasteiger charge is 2.03. The molecule has 0 aliphatic heterocycles. The van der Waals surface area contributed by atoms with Crippen LogP contribution in [-0.4, -0.2) is 6.21 Å². The van der Waals surface area contributed by atoms with Crippen LogP contribution in [-0.2, 0) is 0 Å². The van der Waals surface area contributed by atoms with Gasteiger partial charge in [0, 0.05) is 6.21 Å². The van der Waals surface area contributed by atoms with Crippen molar-refractivity contribution in [3.8, 4) is 0 Å². The van der Waals surface area contributed by atoms with E-state index >= 15 is 0 Å². The zero-order valence-corrected chi connectivity index (χ0v) is 14.2. The van der Waals surface area contributed by atoms with Gasteiger partial charge in [-0.3, -0.25) is 0 Å². The van der Waals surface area contributed by atoms with Gasteiger partial charge in [-0.15, -0.1) is 0 Å². The summed E-state index contributed by atoms with van der Waals surface area (Å²) in [7, 11) is 0. The summed E-state index contributed by atoms with van der Waals surface area (Å²) >= 11 is 0. The largest absolute Gasteiger partial charge is 0.309 e. The second kappa shape index (κ2) is 6.74. The van der Waals surface area contributed by atoms with Crippen molar-refractivity contribution >= 4 is 17.9 Å². The van der Waals surface area contributed by atoms with Crippen molar-refractivity contribution in [2.75, 3.05) is 0 Å². The normalized spacial score (nSPS) is 13.5. The SMILES string of the molecule is C/C(c1cc(C)cc(C)c1)=c1/cc(C(C)C)cc/c1=C/C=N. The van der Waals surface area contributed by atoms with Crippen LogP contribution in [0.5, 0.6) is 0 Å². The Morgan fingerprint density at radius 2 is 1.64 bits per heavy atom. The molecule has 0 bridgehead atoms. The minimum Gasteiger partial charge on any atom is -0.309 e. The van der Waals surface area contributed by atoms with Gasteiger partial charge < -0.3 is 5.41 Å². The molecule has 0 fully saturated rings. The van der Waals surface area contributed by atoms with E-state index in [1.807, 2.05) is 6.08 Å². The summed E-state index contributed by atoms with van der Waals surface area (Å²) in [5.74, 6) is 0.500. The van der Waals surface area contributed by atoms with Gasteiger partial charge in [0.1, 0.15) is 0 Å². The smallest absolute Gasteiger partial charge is 0.0183 e. The lowest BCUT2D eigenvalue weighted by Crippen LogP contribution is -2.27. The van der Waals surface area contributed by atoms with Crippen LogP contribution in [0.25, 0.3) is 11.6 Å². The van der Waals surface area contributed by atoms with E-state index < -0.39 is 0 Å². The Bertz CT molecular complexity index is 790. The Morgan fingerprint density at radius 3 is 2.18 bits per heavy atom. The Kier molecular flexibility index (Phi) is 4.97. The molecule has 2 aromatic carbocycles. The van der Waals surface area contributed by atoms with Crippen molar-refractivity contribution < 1.29 is 0 Å². The monoisotopic (exact) mass is 291 g/mol. The number of aryl methyl sites for hydroxylation is 2. The number of hydrogen-bond donors (Lipinski definition) is 1. The molecule has 0 unspecified atom stereocenters. The summed E-state index contributed by atoms with van der Waals surface area (Å²) in [6.45, 7) is 10.9. The number of hydrogen-bond acceptors (Lipinski definition) is 1. The van der Waals surface area contributed by atoms with E-state index in [4.69, 9.17) is 5.41 Å². The maximum Gasteiger partial charge on any atom is 0.0183 e. The molecule has 0 saturated heterocycles. The van der Waals surface area contributed by atoms with E-state index in [9.17, 15) is 0 Å². The number of benzene rings is 2. The van der Waals surface area contributed by atoms with E-state index in [1.54, 1.807) is 0 Å². The quantitative estimate of drug-likeness (QED) is 0.824. The zero-order valence-electron chi connectivity index (χ0n) is 14.2. The molecule has 1 nitrogen and oxygen atoms in total. The van der Waals surface area contributed by atoms with Crippen LogP contribution in [0, 0.1) is 19.3 Å². The molecule has 1 heteroatoms. The summed E-state index contributed by atoms with van der Waals surface area (Å²) in [5, 5.41) is 9.73. The molecule has 1 N–H and O–H groups in total. The van der Waals surface area contributed by atoms with Crippen LogP contribution >= 0.6 is 0 Å². The van der Waals surface area contributed by atoms with Gasteiger partial charge in [0.2, 0.25) is 0 Å². The average molecular weight is 291 g/mol. The van der Waals surface area contributed by atoms with Gasteiger partial charge in [0.25, 0.3) is 0 Å². The molecule has 2 aromatic rings. The van der Waals surface area contributed by atoms with Gasteiger partial charge in [-0.25, -0.2) is 0 Å². The third-order valence-electron chi connectivity index (χ3n) is 4.07.